The van der Waals surface area contributed by atoms with Gasteiger partial charge in [0, 0.05) is 53.3 Å². The van der Waals surface area contributed by atoms with Gasteiger partial charge in [0.2, 0.25) is 5.91 Å². The summed E-state index contributed by atoms with van der Waals surface area (Å²) in [6, 6.07) is 15.2. The highest BCUT2D eigenvalue weighted by atomic mass is 16.6. The standard InChI is InChI=1S/C27H24N4O5/c1-36-19-9-10-21-20(14-19)27(26(33)29-21)24(25(32)17-6-3-11-28-15-17)23(22-8-4-12-30(22)27)16-5-2-7-18(13-16)31(34)35/h2-3,5-7,9-11,13-15,22-24H,4,8,12H2,1H3,(H,29,33)/t22-,23+,24-,27+/m0/s1. The average molecular weight is 485 g/mol. The number of fused-ring (bicyclic) bond motifs is 4. The van der Waals surface area contributed by atoms with Crippen molar-refractivity contribution in [2.75, 3.05) is 19.0 Å². The normalized spacial score (nSPS) is 26.5. The van der Waals surface area contributed by atoms with E-state index in [-0.39, 0.29) is 23.4 Å². The molecule has 4 heterocycles. The molecule has 9 heteroatoms. The zero-order chi connectivity index (χ0) is 25.0. The molecular weight excluding hydrogens is 460 g/mol. The largest absolute Gasteiger partial charge is 0.497 e. The van der Waals surface area contributed by atoms with Crippen molar-refractivity contribution >= 4 is 23.1 Å². The molecule has 0 unspecified atom stereocenters. The molecule has 0 bridgehead atoms. The van der Waals surface area contributed by atoms with E-state index < -0.39 is 22.3 Å². The number of carbonyl (C=O) groups excluding carboxylic acids is 2. The van der Waals surface area contributed by atoms with Crippen LogP contribution in [0.5, 0.6) is 5.75 Å². The van der Waals surface area contributed by atoms with Crippen LogP contribution >= 0.6 is 0 Å². The number of amides is 1. The van der Waals surface area contributed by atoms with Gasteiger partial charge in [-0.25, -0.2) is 0 Å². The van der Waals surface area contributed by atoms with E-state index in [2.05, 4.69) is 15.2 Å². The van der Waals surface area contributed by atoms with E-state index in [0.29, 0.717) is 34.7 Å². The lowest BCUT2D eigenvalue weighted by Crippen LogP contribution is -2.52. The number of nitro groups is 1. The summed E-state index contributed by atoms with van der Waals surface area (Å²) in [5.74, 6) is -1.12. The predicted molar refractivity (Wildman–Crippen MR) is 131 cm³/mol. The van der Waals surface area contributed by atoms with Crippen LogP contribution in [0.3, 0.4) is 0 Å². The number of aromatic nitrogens is 1. The molecule has 9 nitrogen and oxygen atoms in total. The number of hydrogen-bond acceptors (Lipinski definition) is 7. The third-order valence-electron chi connectivity index (χ3n) is 7.90. The fourth-order valence-electron chi connectivity index (χ4n) is 6.57. The SMILES string of the molecule is COc1ccc2c(c1)[C@]1(C(=O)N2)[C@H](C(=O)c2cccnc2)[C@H](c2cccc([N+](=O)[O-])c2)[C@@H]2CCCN21. The summed E-state index contributed by atoms with van der Waals surface area (Å²) in [6.07, 6.45) is 4.75. The summed E-state index contributed by atoms with van der Waals surface area (Å²) >= 11 is 0. The Labute approximate surface area is 207 Å². The van der Waals surface area contributed by atoms with E-state index in [1.807, 2.05) is 12.1 Å². The van der Waals surface area contributed by atoms with Gasteiger partial charge in [-0.3, -0.25) is 29.6 Å². The van der Waals surface area contributed by atoms with Gasteiger partial charge in [0.05, 0.1) is 18.0 Å². The Balaban J connectivity index is 1.63. The lowest BCUT2D eigenvalue weighted by molar-refractivity contribution is -0.384. The number of ketones is 1. The number of carbonyl (C=O) groups is 2. The van der Waals surface area contributed by atoms with Gasteiger partial charge in [-0.1, -0.05) is 12.1 Å². The van der Waals surface area contributed by atoms with E-state index in [1.165, 1.54) is 12.3 Å². The quantitative estimate of drug-likeness (QED) is 0.332. The van der Waals surface area contributed by atoms with E-state index in [4.69, 9.17) is 4.74 Å². The number of nitrogens with one attached hydrogen (secondary N) is 1. The number of nitrogens with zero attached hydrogens (tertiary/aromatic N) is 3. The van der Waals surface area contributed by atoms with Crippen molar-refractivity contribution in [2.24, 2.45) is 5.92 Å². The van der Waals surface area contributed by atoms with Crippen molar-refractivity contribution in [2.45, 2.75) is 30.3 Å². The monoisotopic (exact) mass is 484 g/mol. The van der Waals surface area contributed by atoms with Gasteiger partial charge >= 0.3 is 0 Å². The van der Waals surface area contributed by atoms with Crippen LogP contribution in [-0.2, 0) is 10.3 Å². The van der Waals surface area contributed by atoms with Gasteiger partial charge in [0.25, 0.3) is 5.69 Å². The third-order valence-corrected chi connectivity index (χ3v) is 7.90. The molecule has 6 rings (SSSR count). The summed E-state index contributed by atoms with van der Waals surface area (Å²) in [5.41, 5.74) is 1.13. The van der Waals surface area contributed by atoms with Crippen molar-refractivity contribution in [1.82, 2.24) is 9.88 Å². The maximum Gasteiger partial charge on any atom is 0.269 e. The minimum atomic E-state index is -1.27. The first-order chi connectivity index (χ1) is 17.5. The maximum absolute atomic E-state index is 14.3. The van der Waals surface area contributed by atoms with E-state index >= 15 is 0 Å². The number of Topliss-reactive ketones (excluding diaryl/α,β-unsaturated/α-hetero) is 1. The molecule has 0 radical (unpaired) electrons. The number of ether oxygens (including phenoxy) is 1. The molecule has 0 aliphatic carbocycles. The Kier molecular flexibility index (Phi) is 5.11. The predicted octanol–water partition coefficient (Wildman–Crippen LogP) is 3.91. The number of rotatable bonds is 5. The molecule has 3 aromatic rings. The molecule has 1 aromatic heterocycles. The molecule has 2 saturated heterocycles. The third kappa shape index (κ3) is 3.02. The van der Waals surface area contributed by atoms with Crippen molar-refractivity contribution in [3.63, 3.8) is 0 Å². The highest BCUT2D eigenvalue weighted by Gasteiger charge is 2.69. The molecular formula is C27H24N4O5. The van der Waals surface area contributed by atoms with Crippen molar-refractivity contribution in [1.29, 1.82) is 0 Å². The van der Waals surface area contributed by atoms with Crippen LogP contribution in [0.1, 0.15) is 40.2 Å². The van der Waals surface area contributed by atoms with Crippen molar-refractivity contribution < 1.29 is 19.2 Å². The van der Waals surface area contributed by atoms with Gasteiger partial charge in [-0.2, -0.15) is 0 Å². The Morgan fingerprint density at radius 1 is 1.22 bits per heavy atom. The highest BCUT2D eigenvalue weighted by molar-refractivity contribution is 6.12. The Bertz CT molecular complexity index is 1390. The molecule has 2 aromatic carbocycles. The molecule has 1 N–H and O–H groups in total. The van der Waals surface area contributed by atoms with E-state index in [1.54, 1.807) is 49.7 Å². The summed E-state index contributed by atoms with van der Waals surface area (Å²) in [6.45, 7) is 0.636. The number of non-ortho nitro benzene ring substituents is 1. The Morgan fingerprint density at radius 2 is 2.08 bits per heavy atom. The topological polar surface area (TPSA) is 115 Å². The number of nitro benzene ring substituents is 1. The molecule has 3 aliphatic heterocycles. The van der Waals surface area contributed by atoms with Gasteiger partial charge < -0.3 is 10.1 Å². The molecule has 0 saturated carbocycles. The van der Waals surface area contributed by atoms with Crippen LogP contribution in [0.15, 0.2) is 67.0 Å². The molecule has 1 spiro atoms. The second kappa shape index (κ2) is 8.23. The smallest absolute Gasteiger partial charge is 0.269 e. The molecule has 2 fully saturated rings. The Morgan fingerprint density at radius 3 is 2.83 bits per heavy atom. The fourth-order valence-corrected chi connectivity index (χ4v) is 6.57. The molecule has 3 aliphatic rings. The molecule has 182 valence electrons. The zero-order valence-corrected chi connectivity index (χ0v) is 19.6. The number of pyridine rings is 1. The molecule has 36 heavy (non-hydrogen) atoms. The second-order valence-corrected chi connectivity index (χ2v) is 9.50. The first kappa shape index (κ1) is 22.4. The van der Waals surface area contributed by atoms with Gasteiger partial charge in [-0.15, -0.1) is 0 Å². The summed E-state index contributed by atoms with van der Waals surface area (Å²) in [7, 11) is 1.57. The first-order valence-electron chi connectivity index (χ1n) is 11.9. The molecule has 1 amide bonds. The van der Waals surface area contributed by atoms with Crippen LogP contribution in [-0.4, -0.2) is 46.2 Å². The fraction of sp³-hybridized carbons (Fsp3) is 0.296. The minimum absolute atomic E-state index is 0.0384. The second-order valence-electron chi connectivity index (χ2n) is 9.50. The molecule has 4 atom stereocenters. The highest BCUT2D eigenvalue weighted by Crippen LogP contribution is 2.61. The minimum Gasteiger partial charge on any atom is -0.497 e. The van der Waals surface area contributed by atoms with Crippen LogP contribution in [0.4, 0.5) is 11.4 Å². The average Bonchev–Trinajstić information content (AvgIpc) is 3.57. The summed E-state index contributed by atoms with van der Waals surface area (Å²) < 4.78 is 5.50. The Hall–Kier alpha value is -4.11. The maximum atomic E-state index is 14.3. The van der Waals surface area contributed by atoms with E-state index in [9.17, 15) is 19.7 Å². The van der Waals surface area contributed by atoms with Crippen LogP contribution in [0.2, 0.25) is 0 Å². The number of anilines is 1. The van der Waals surface area contributed by atoms with E-state index in [0.717, 1.165) is 12.8 Å². The lowest BCUT2D eigenvalue weighted by Gasteiger charge is -2.37. The van der Waals surface area contributed by atoms with Crippen molar-refractivity contribution in [3.05, 3.63) is 93.8 Å². The van der Waals surface area contributed by atoms with Crippen molar-refractivity contribution in [3.8, 4) is 5.75 Å². The summed E-state index contributed by atoms with van der Waals surface area (Å²) in [5, 5.41) is 14.6. The van der Waals surface area contributed by atoms with Crippen LogP contribution < -0.4 is 10.1 Å². The van der Waals surface area contributed by atoms with Gasteiger partial charge in [0.1, 0.15) is 11.3 Å². The summed E-state index contributed by atoms with van der Waals surface area (Å²) in [4.78, 5) is 45.8. The number of benzene rings is 2. The lowest BCUT2D eigenvalue weighted by atomic mass is 9.69. The van der Waals surface area contributed by atoms with Gasteiger partial charge in [0.15, 0.2) is 5.78 Å². The number of hydrogen-bond donors (Lipinski definition) is 1. The first-order valence-corrected chi connectivity index (χ1v) is 11.9. The van der Waals surface area contributed by atoms with Crippen LogP contribution in [0.25, 0.3) is 0 Å². The zero-order valence-electron chi connectivity index (χ0n) is 19.6. The number of methoxy groups -OCH3 is 1. The van der Waals surface area contributed by atoms with Crippen LogP contribution in [0, 0.1) is 16.0 Å². The van der Waals surface area contributed by atoms with Gasteiger partial charge in [-0.05, 0) is 55.3 Å².